The Labute approximate surface area is 117 Å². The van der Waals surface area contributed by atoms with E-state index in [0.717, 1.165) is 16.4 Å². The van der Waals surface area contributed by atoms with Crippen LogP contribution in [0.4, 0.5) is 4.39 Å². The van der Waals surface area contributed by atoms with Gasteiger partial charge in [-0.05, 0) is 37.1 Å². The van der Waals surface area contributed by atoms with Crippen molar-refractivity contribution in [2.75, 3.05) is 13.1 Å². The van der Waals surface area contributed by atoms with Crippen LogP contribution < -0.4 is 5.73 Å². The van der Waals surface area contributed by atoms with Crippen LogP contribution in [-0.4, -0.2) is 36.9 Å². The second kappa shape index (κ2) is 6.67. The van der Waals surface area contributed by atoms with Crippen LogP contribution in [0.3, 0.4) is 0 Å². The molecule has 0 unspecified atom stereocenters. The third-order valence-corrected chi connectivity index (χ3v) is 4.70. The first-order valence-corrected chi connectivity index (χ1v) is 7.49. The number of nitrogens with zero attached hydrogens (tertiary/aromatic N) is 2. The van der Waals surface area contributed by atoms with Crippen molar-refractivity contribution in [1.29, 1.82) is 0 Å². The molecule has 0 bridgehead atoms. The maximum absolute atomic E-state index is 13.1. The van der Waals surface area contributed by atoms with Gasteiger partial charge in [-0.1, -0.05) is 12.1 Å². The Hall–Kier alpha value is -1.67. The van der Waals surface area contributed by atoms with Crippen LogP contribution in [0, 0.1) is 12.7 Å². The van der Waals surface area contributed by atoms with Crippen molar-refractivity contribution < 1.29 is 18.0 Å². The number of rotatable bonds is 6. The second-order valence-corrected chi connectivity index (χ2v) is 6.25. The summed E-state index contributed by atoms with van der Waals surface area (Å²) in [6, 6.07) is 3.46. The van der Waals surface area contributed by atoms with Crippen LogP contribution in [0.2, 0.25) is 0 Å². The highest BCUT2D eigenvalue weighted by atomic mass is 32.2. The quantitative estimate of drug-likeness (QED) is 0.358. The third kappa shape index (κ3) is 3.67. The molecule has 1 rings (SSSR count). The molecule has 6 nitrogen and oxygen atoms in total. The fourth-order valence-corrected chi connectivity index (χ4v) is 3.50. The molecule has 0 aliphatic heterocycles. The van der Waals surface area contributed by atoms with E-state index in [0.29, 0.717) is 12.0 Å². The third-order valence-electron chi connectivity index (χ3n) is 2.69. The van der Waals surface area contributed by atoms with Crippen LogP contribution in [0.25, 0.3) is 0 Å². The maximum Gasteiger partial charge on any atom is 0.243 e. The summed E-state index contributed by atoms with van der Waals surface area (Å²) in [5, 5.41) is 11.4. The first-order valence-electron chi connectivity index (χ1n) is 6.05. The van der Waals surface area contributed by atoms with E-state index >= 15 is 0 Å². The van der Waals surface area contributed by atoms with E-state index in [2.05, 4.69) is 5.16 Å². The Balaban J connectivity index is 3.22. The number of benzene rings is 1. The molecule has 0 aromatic heterocycles. The first kappa shape index (κ1) is 16.4. The molecule has 0 fully saturated rings. The molecule has 0 aliphatic carbocycles. The summed E-state index contributed by atoms with van der Waals surface area (Å²) in [6.45, 7) is 3.33. The summed E-state index contributed by atoms with van der Waals surface area (Å²) >= 11 is 0. The Morgan fingerprint density at radius 2 is 2.15 bits per heavy atom. The van der Waals surface area contributed by atoms with E-state index in [-0.39, 0.29) is 23.8 Å². The van der Waals surface area contributed by atoms with Crippen LogP contribution in [0.5, 0.6) is 0 Å². The van der Waals surface area contributed by atoms with Crippen molar-refractivity contribution >= 4 is 15.9 Å². The molecule has 0 atom stereocenters. The van der Waals surface area contributed by atoms with Gasteiger partial charge in [0.05, 0.1) is 11.4 Å². The summed E-state index contributed by atoms with van der Waals surface area (Å²) in [4.78, 5) is 0.0121. The largest absolute Gasteiger partial charge is 0.409 e. The molecule has 8 heteroatoms. The number of halogens is 1. The van der Waals surface area contributed by atoms with E-state index in [1.807, 2.05) is 6.92 Å². The van der Waals surface area contributed by atoms with Gasteiger partial charge in [-0.3, -0.25) is 0 Å². The molecular weight excluding hydrogens is 285 g/mol. The van der Waals surface area contributed by atoms with Gasteiger partial charge < -0.3 is 10.9 Å². The van der Waals surface area contributed by atoms with Gasteiger partial charge >= 0.3 is 0 Å². The fourth-order valence-electron chi connectivity index (χ4n) is 1.79. The zero-order valence-corrected chi connectivity index (χ0v) is 12.2. The molecular formula is C12H18FN3O3S. The zero-order chi connectivity index (χ0) is 15.3. The second-order valence-electron chi connectivity index (χ2n) is 4.34. The number of nitrogens with two attached hydrogens (primary N) is 1. The van der Waals surface area contributed by atoms with E-state index in [4.69, 9.17) is 10.9 Å². The van der Waals surface area contributed by atoms with Crippen molar-refractivity contribution in [2.45, 2.75) is 25.2 Å². The lowest BCUT2D eigenvalue weighted by Gasteiger charge is -2.21. The van der Waals surface area contributed by atoms with Crippen molar-refractivity contribution in [3.05, 3.63) is 29.6 Å². The Morgan fingerprint density at radius 1 is 1.50 bits per heavy atom. The van der Waals surface area contributed by atoms with Gasteiger partial charge in [-0.15, -0.1) is 0 Å². The van der Waals surface area contributed by atoms with Crippen LogP contribution in [0.15, 0.2) is 28.3 Å². The number of hydrogen-bond donors (Lipinski definition) is 2. The van der Waals surface area contributed by atoms with Gasteiger partial charge in [0.1, 0.15) is 5.82 Å². The monoisotopic (exact) mass is 303 g/mol. The molecule has 0 radical (unpaired) electrons. The lowest BCUT2D eigenvalue weighted by molar-refractivity contribution is 0.314. The summed E-state index contributed by atoms with van der Waals surface area (Å²) in [5.41, 5.74) is 5.69. The topological polar surface area (TPSA) is 96.0 Å². The predicted octanol–water partition coefficient (Wildman–Crippen LogP) is 1.28. The summed E-state index contributed by atoms with van der Waals surface area (Å²) < 4.78 is 39.2. The highest BCUT2D eigenvalue weighted by molar-refractivity contribution is 7.89. The molecule has 0 saturated carbocycles. The Bertz CT molecular complexity index is 602. The number of amidine groups is 1. The molecule has 1 aromatic rings. The van der Waals surface area contributed by atoms with Crippen LogP contribution >= 0.6 is 0 Å². The van der Waals surface area contributed by atoms with E-state index in [1.165, 1.54) is 13.0 Å². The molecule has 112 valence electrons. The molecule has 0 amide bonds. The fraction of sp³-hybridized carbons (Fsp3) is 0.417. The molecule has 1 aromatic carbocycles. The van der Waals surface area contributed by atoms with Crippen molar-refractivity contribution in [2.24, 2.45) is 10.9 Å². The molecule has 0 saturated heterocycles. The highest BCUT2D eigenvalue weighted by Gasteiger charge is 2.26. The summed E-state index contributed by atoms with van der Waals surface area (Å²) in [7, 11) is -3.82. The van der Waals surface area contributed by atoms with Crippen molar-refractivity contribution in [3.8, 4) is 0 Å². The number of oxime groups is 1. The van der Waals surface area contributed by atoms with Gasteiger partial charge in [0, 0.05) is 6.54 Å². The zero-order valence-electron chi connectivity index (χ0n) is 11.4. The molecule has 3 N–H and O–H groups in total. The highest BCUT2D eigenvalue weighted by Crippen LogP contribution is 2.20. The molecule has 20 heavy (non-hydrogen) atoms. The summed E-state index contributed by atoms with van der Waals surface area (Å²) in [5.74, 6) is -0.707. The van der Waals surface area contributed by atoms with Gasteiger partial charge in [-0.25, -0.2) is 12.8 Å². The normalized spacial score (nSPS) is 12.9. The van der Waals surface area contributed by atoms with E-state index in [1.54, 1.807) is 0 Å². The van der Waals surface area contributed by atoms with E-state index in [9.17, 15) is 12.8 Å². The molecule has 0 aliphatic rings. The van der Waals surface area contributed by atoms with Crippen molar-refractivity contribution in [3.63, 3.8) is 0 Å². The van der Waals surface area contributed by atoms with Crippen LogP contribution in [-0.2, 0) is 10.0 Å². The average Bonchev–Trinajstić information content (AvgIpc) is 2.37. The number of hydrogen-bond acceptors (Lipinski definition) is 4. The van der Waals surface area contributed by atoms with Gasteiger partial charge in [0.25, 0.3) is 0 Å². The average molecular weight is 303 g/mol. The Morgan fingerprint density at radius 3 is 2.65 bits per heavy atom. The molecule has 0 spiro atoms. The smallest absolute Gasteiger partial charge is 0.243 e. The minimum atomic E-state index is -3.82. The molecule has 0 heterocycles. The SMILES string of the molecule is CCCN(CC(N)=NO)S(=O)(=O)c1ccc(F)cc1C. The van der Waals surface area contributed by atoms with Gasteiger partial charge in [0.15, 0.2) is 5.84 Å². The van der Waals surface area contributed by atoms with Crippen LogP contribution in [0.1, 0.15) is 18.9 Å². The van der Waals surface area contributed by atoms with E-state index < -0.39 is 15.8 Å². The number of aryl methyl sites for hydroxylation is 1. The Kier molecular flexibility index (Phi) is 5.46. The summed E-state index contributed by atoms with van der Waals surface area (Å²) in [6.07, 6.45) is 0.568. The lowest BCUT2D eigenvalue weighted by Crippen LogP contribution is -2.39. The standard InChI is InChI=1S/C12H18FN3O3S/c1-3-6-16(8-12(14)15-17)20(18,19)11-5-4-10(13)7-9(11)2/h4-5,7,17H,3,6,8H2,1-2H3,(H2,14,15). The number of sulfonamides is 1. The maximum atomic E-state index is 13.1. The minimum absolute atomic E-state index is 0.0121. The predicted molar refractivity (Wildman–Crippen MR) is 73.6 cm³/mol. The van der Waals surface area contributed by atoms with Crippen molar-refractivity contribution in [1.82, 2.24) is 4.31 Å². The van der Waals surface area contributed by atoms with Gasteiger partial charge in [0.2, 0.25) is 10.0 Å². The van der Waals surface area contributed by atoms with Gasteiger partial charge in [-0.2, -0.15) is 4.31 Å². The lowest BCUT2D eigenvalue weighted by atomic mass is 10.2. The first-order chi connectivity index (χ1) is 9.32. The minimum Gasteiger partial charge on any atom is -0.409 e.